The Morgan fingerprint density at radius 2 is 1.73 bits per heavy atom. The number of nitriles is 1. The molecule has 1 heterocycles. The van der Waals surface area contributed by atoms with Crippen molar-refractivity contribution in [1.82, 2.24) is 9.80 Å². The zero-order valence-electron chi connectivity index (χ0n) is 24.7. The van der Waals surface area contributed by atoms with Crippen molar-refractivity contribution in [3.05, 3.63) is 110 Å². The summed E-state index contributed by atoms with van der Waals surface area (Å²) in [6.45, 7) is 3.27. The van der Waals surface area contributed by atoms with Crippen LogP contribution in [0.25, 0.3) is 10.8 Å². The van der Waals surface area contributed by atoms with Crippen LogP contribution in [0.15, 0.2) is 82.2 Å². The summed E-state index contributed by atoms with van der Waals surface area (Å²) in [5.41, 5.74) is 3.18. The van der Waals surface area contributed by atoms with Crippen molar-refractivity contribution in [3.8, 4) is 6.07 Å². The fourth-order valence-corrected chi connectivity index (χ4v) is 7.92. The molecule has 228 valence electrons. The normalized spacial score (nSPS) is 15.5. The molecular weight excluding hydrogens is 677 g/mol. The van der Waals surface area contributed by atoms with Crippen LogP contribution in [-0.4, -0.2) is 59.4 Å². The first-order valence-electron chi connectivity index (χ1n) is 14.6. The topological polar surface area (TPSA) is 64.4 Å². The molecule has 0 radical (unpaired) electrons. The summed E-state index contributed by atoms with van der Waals surface area (Å²) in [7, 11) is 0.811. The maximum Gasteiger partial charge on any atom is 0.254 e. The fourth-order valence-electron chi connectivity index (χ4n) is 6.23. The maximum atomic E-state index is 13.9. The first kappa shape index (κ1) is 32.7. The smallest absolute Gasteiger partial charge is 0.254 e. The minimum Gasteiger partial charge on any atom is -0.341 e. The number of likely N-dealkylation sites (N-methyl/N-ethyl adjacent to an activating group) is 1. The molecule has 0 saturated carbocycles. The number of carbonyl (C=O) groups excluding carboxylic acids is 1. The van der Waals surface area contributed by atoms with E-state index in [4.69, 9.17) is 23.2 Å². The molecule has 5 nitrogen and oxygen atoms in total. The minimum atomic E-state index is -1.00. The second kappa shape index (κ2) is 14.6. The summed E-state index contributed by atoms with van der Waals surface area (Å²) >= 11 is 16.2. The molecule has 4 aromatic rings. The number of carbonyl (C=O) groups is 1. The number of nitrogens with zero attached hydrogens (tertiary/aromatic N) is 3. The molecule has 4 aromatic carbocycles. The van der Waals surface area contributed by atoms with E-state index in [-0.39, 0.29) is 11.8 Å². The molecule has 5 rings (SSSR count). The van der Waals surface area contributed by atoms with Gasteiger partial charge in [0, 0.05) is 40.7 Å². The zero-order chi connectivity index (χ0) is 31.4. The van der Waals surface area contributed by atoms with Gasteiger partial charge in [-0.3, -0.25) is 9.00 Å². The van der Waals surface area contributed by atoms with Crippen molar-refractivity contribution >= 4 is 66.6 Å². The van der Waals surface area contributed by atoms with E-state index >= 15 is 0 Å². The number of amides is 1. The Hall–Kier alpha value is -2.73. The van der Waals surface area contributed by atoms with Crippen molar-refractivity contribution in [1.29, 1.82) is 5.26 Å². The number of fused-ring (bicyclic) bond motifs is 1. The van der Waals surface area contributed by atoms with Crippen molar-refractivity contribution in [2.75, 3.05) is 39.5 Å². The van der Waals surface area contributed by atoms with Crippen LogP contribution in [0.2, 0.25) is 10.0 Å². The van der Waals surface area contributed by atoms with Crippen LogP contribution >= 0.6 is 39.1 Å². The summed E-state index contributed by atoms with van der Waals surface area (Å²) in [6.07, 6.45) is 4.62. The quantitative estimate of drug-likeness (QED) is 0.175. The number of piperidine rings is 1. The molecule has 0 unspecified atom stereocenters. The van der Waals surface area contributed by atoms with E-state index in [0.29, 0.717) is 38.1 Å². The fraction of sp³-hybridized carbons (Fsp3) is 0.314. The van der Waals surface area contributed by atoms with Gasteiger partial charge < -0.3 is 9.80 Å². The molecule has 2 atom stereocenters. The van der Waals surface area contributed by atoms with Gasteiger partial charge in [0.05, 0.1) is 26.4 Å². The molecule has 1 aliphatic heterocycles. The van der Waals surface area contributed by atoms with Gasteiger partial charge in [-0.05, 0) is 107 Å². The van der Waals surface area contributed by atoms with Gasteiger partial charge in [0.15, 0.2) is 0 Å². The zero-order valence-corrected chi connectivity index (χ0v) is 28.6. The third-order valence-corrected chi connectivity index (χ3v) is 11.2. The van der Waals surface area contributed by atoms with E-state index in [0.717, 1.165) is 60.1 Å². The summed E-state index contributed by atoms with van der Waals surface area (Å²) < 4.78 is 13.0. The predicted molar refractivity (Wildman–Crippen MR) is 184 cm³/mol. The van der Waals surface area contributed by atoms with Gasteiger partial charge in [-0.15, -0.1) is 0 Å². The van der Waals surface area contributed by atoms with Crippen LogP contribution in [0.1, 0.15) is 58.1 Å². The van der Waals surface area contributed by atoms with Gasteiger partial charge in [0.25, 0.3) is 5.91 Å². The van der Waals surface area contributed by atoms with Gasteiger partial charge in [-0.25, -0.2) is 0 Å². The van der Waals surface area contributed by atoms with Crippen LogP contribution in [-0.2, 0) is 10.8 Å². The number of rotatable bonds is 9. The van der Waals surface area contributed by atoms with Crippen LogP contribution in [0.3, 0.4) is 0 Å². The Morgan fingerprint density at radius 3 is 2.41 bits per heavy atom. The first-order valence-corrected chi connectivity index (χ1v) is 17.7. The lowest BCUT2D eigenvalue weighted by Gasteiger charge is -2.34. The highest BCUT2D eigenvalue weighted by Gasteiger charge is 2.26. The molecule has 0 bridgehead atoms. The summed E-state index contributed by atoms with van der Waals surface area (Å²) in [5.74, 6) is 0.292. The van der Waals surface area contributed by atoms with Crippen LogP contribution in [0.5, 0.6) is 0 Å². The second-order valence-electron chi connectivity index (χ2n) is 11.4. The molecule has 0 N–H and O–H groups in total. The Balaban J connectivity index is 1.32. The Bertz CT molecular complexity index is 1750. The molecule has 1 aliphatic rings. The first-order chi connectivity index (χ1) is 21.2. The SMILES string of the molecule is CN(C[C@@H](CCN1CCC(c2ccccc2[S@](C)=O)CC1)c1ccc(Cl)c(Cl)c1)C(=O)c1cc(C#N)c(Br)c2ccccc12. The number of halogens is 3. The Kier molecular flexibility index (Phi) is 10.8. The van der Waals surface area contributed by atoms with E-state index in [2.05, 4.69) is 33.0 Å². The highest BCUT2D eigenvalue weighted by Crippen LogP contribution is 2.35. The average Bonchev–Trinajstić information content (AvgIpc) is 3.04. The van der Waals surface area contributed by atoms with E-state index in [1.807, 2.05) is 67.7 Å². The third-order valence-electron chi connectivity index (χ3n) is 8.64. The monoisotopic (exact) mass is 709 g/mol. The maximum absolute atomic E-state index is 13.9. The lowest BCUT2D eigenvalue weighted by atomic mass is 9.88. The highest BCUT2D eigenvalue weighted by molar-refractivity contribution is 9.10. The van der Waals surface area contributed by atoms with Gasteiger partial charge in [0.2, 0.25) is 0 Å². The van der Waals surface area contributed by atoms with Gasteiger partial charge >= 0.3 is 0 Å². The van der Waals surface area contributed by atoms with Crippen molar-refractivity contribution in [2.45, 2.75) is 36.0 Å². The number of hydrogen-bond acceptors (Lipinski definition) is 4. The third kappa shape index (κ3) is 7.22. The lowest BCUT2D eigenvalue weighted by molar-refractivity contribution is 0.0783. The van der Waals surface area contributed by atoms with E-state index in [1.165, 1.54) is 5.56 Å². The second-order valence-corrected chi connectivity index (χ2v) is 14.4. The van der Waals surface area contributed by atoms with Crippen LogP contribution in [0.4, 0.5) is 0 Å². The van der Waals surface area contributed by atoms with E-state index in [9.17, 15) is 14.3 Å². The molecular formula is C35H34BrCl2N3O2S. The molecule has 1 fully saturated rings. The van der Waals surface area contributed by atoms with Crippen LogP contribution in [0, 0.1) is 11.3 Å². The Labute approximate surface area is 280 Å². The molecule has 9 heteroatoms. The molecule has 1 saturated heterocycles. The van der Waals surface area contributed by atoms with Crippen molar-refractivity contribution < 1.29 is 9.00 Å². The molecule has 0 aliphatic carbocycles. The predicted octanol–water partition coefficient (Wildman–Crippen LogP) is 8.64. The molecule has 0 spiro atoms. The largest absolute Gasteiger partial charge is 0.341 e. The summed E-state index contributed by atoms with van der Waals surface area (Å²) in [6, 6.07) is 25.3. The average molecular weight is 712 g/mol. The van der Waals surface area contributed by atoms with Crippen LogP contribution < -0.4 is 0 Å². The molecule has 0 aromatic heterocycles. The number of benzene rings is 4. The van der Waals surface area contributed by atoms with Crippen molar-refractivity contribution in [3.63, 3.8) is 0 Å². The van der Waals surface area contributed by atoms with Crippen molar-refractivity contribution in [2.24, 2.45) is 0 Å². The number of hydrogen-bond donors (Lipinski definition) is 0. The Morgan fingerprint density at radius 1 is 1.05 bits per heavy atom. The highest BCUT2D eigenvalue weighted by atomic mass is 79.9. The lowest BCUT2D eigenvalue weighted by Crippen LogP contribution is -2.36. The van der Waals surface area contributed by atoms with Gasteiger partial charge in [-0.1, -0.05) is 71.7 Å². The van der Waals surface area contributed by atoms with Gasteiger partial charge in [-0.2, -0.15) is 5.26 Å². The van der Waals surface area contributed by atoms with E-state index < -0.39 is 10.8 Å². The summed E-state index contributed by atoms with van der Waals surface area (Å²) in [4.78, 5) is 19.1. The minimum absolute atomic E-state index is 0.0248. The van der Waals surface area contributed by atoms with Gasteiger partial charge in [0.1, 0.15) is 6.07 Å². The standard InChI is InChI=1S/C35H34BrCl2N3O2S/c1-40(35(42)30-19-26(21-39)34(36)29-9-4-3-8-28(29)30)22-25(24-11-12-31(37)32(38)20-24)15-18-41-16-13-23(14-17-41)27-7-5-6-10-33(27)44(2)43/h3-12,19-20,23,25H,13-18,22H2,1-2H3/t25-,44+/m1/s1. The molecule has 1 amide bonds. The summed E-state index contributed by atoms with van der Waals surface area (Å²) in [5, 5.41) is 12.4. The molecule has 44 heavy (non-hydrogen) atoms. The van der Waals surface area contributed by atoms with E-state index in [1.54, 1.807) is 17.2 Å². The number of likely N-dealkylation sites (tertiary alicyclic amines) is 1.